The molecule has 0 radical (unpaired) electrons. The summed E-state index contributed by atoms with van der Waals surface area (Å²) in [6, 6.07) is 16.2. The number of amides is 2. The van der Waals surface area contributed by atoms with Gasteiger partial charge in [0.25, 0.3) is 11.8 Å². The fourth-order valence-corrected chi connectivity index (χ4v) is 2.80. The van der Waals surface area contributed by atoms with Gasteiger partial charge in [0.15, 0.2) is 6.10 Å². The number of likely N-dealkylation sites (tertiary alicyclic amines) is 1. The van der Waals surface area contributed by atoms with E-state index in [1.807, 2.05) is 35.2 Å². The van der Waals surface area contributed by atoms with Crippen LogP contribution in [0.25, 0.3) is 0 Å². The maximum atomic E-state index is 12.3. The van der Waals surface area contributed by atoms with Gasteiger partial charge in [-0.05, 0) is 56.2 Å². The third-order valence-electron chi connectivity index (χ3n) is 4.22. The lowest BCUT2D eigenvalue weighted by molar-refractivity contribution is -0.122. The number of nitrogens with one attached hydrogen (secondary N) is 1. The third kappa shape index (κ3) is 4.38. The number of para-hydroxylation sites is 1. The van der Waals surface area contributed by atoms with Crippen molar-refractivity contribution in [2.24, 2.45) is 0 Å². The molecule has 1 aliphatic rings. The van der Waals surface area contributed by atoms with Crippen LogP contribution in [0.5, 0.6) is 5.75 Å². The minimum Gasteiger partial charge on any atom is -0.481 e. The quantitative estimate of drug-likeness (QED) is 0.910. The highest BCUT2D eigenvalue weighted by Crippen LogP contribution is 2.16. The molecule has 3 rings (SSSR count). The van der Waals surface area contributed by atoms with Crippen molar-refractivity contribution >= 4 is 17.5 Å². The van der Waals surface area contributed by atoms with Gasteiger partial charge in [-0.1, -0.05) is 18.2 Å². The molecule has 1 fully saturated rings. The highest BCUT2D eigenvalue weighted by Gasteiger charge is 2.19. The number of hydrogen-bond acceptors (Lipinski definition) is 3. The Hall–Kier alpha value is -2.82. The number of nitrogens with zero attached hydrogens (tertiary/aromatic N) is 1. The van der Waals surface area contributed by atoms with Crippen molar-refractivity contribution in [3.63, 3.8) is 0 Å². The highest BCUT2D eigenvalue weighted by molar-refractivity contribution is 5.97. The molecule has 5 heteroatoms. The Labute approximate surface area is 147 Å². The number of carbonyl (C=O) groups is 2. The SMILES string of the molecule is C[C@H](Oc1ccccc1)C(=O)Nc1ccc(C(=O)N2CCCC2)cc1. The van der Waals surface area contributed by atoms with E-state index in [-0.39, 0.29) is 11.8 Å². The zero-order chi connectivity index (χ0) is 17.6. The second-order valence-corrected chi connectivity index (χ2v) is 6.14. The summed E-state index contributed by atoms with van der Waals surface area (Å²) in [5.41, 5.74) is 1.29. The van der Waals surface area contributed by atoms with Crippen LogP contribution < -0.4 is 10.1 Å². The molecule has 0 spiro atoms. The topological polar surface area (TPSA) is 58.6 Å². The maximum absolute atomic E-state index is 12.3. The van der Waals surface area contributed by atoms with Crippen molar-refractivity contribution in [2.75, 3.05) is 18.4 Å². The van der Waals surface area contributed by atoms with E-state index in [1.165, 1.54) is 0 Å². The summed E-state index contributed by atoms with van der Waals surface area (Å²) >= 11 is 0. The average molecular weight is 338 g/mol. The van der Waals surface area contributed by atoms with Crippen molar-refractivity contribution in [3.8, 4) is 5.75 Å². The fourth-order valence-electron chi connectivity index (χ4n) is 2.80. The zero-order valence-corrected chi connectivity index (χ0v) is 14.3. The lowest BCUT2D eigenvalue weighted by Gasteiger charge is -2.16. The Morgan fingerprint density at radius 3 is 2.28 bits per heavy atom. The van der Waals surface area contributed by atoms with Crippen LogP contribution in [0.2, 0.25) is 0 Å². The van der Waals surface area contributed by atoms with Gasteiger partial charge in [-0.25, -0.2) is 0 Å². The fraction of sp³-hybridized carbons (Fsp3) is 0.300. The molecule has 2 amide bonds. The summed E-state index contributed by atoms with van der Waals surface area (Å²) in [4.78, 5) is 26.4. The van der Waals surface area contributed by atoms with Crippen LogP contribution in [0.3, 0.4) is 0 Å². The molecule has 0 bridgehead atoms. The van der Waals surface area contributed by atoms with Gasteiger partial charge >= 0.3 is 0 Å². The van der Waals surface area contributed by atoms with Crippen molar-refractivity contribution in [1.29, 1.82) is 0 Å². The minimum absolute atomic E-state index is 0.0520. The van der Waals surface area contributed by atoms with Crippen LogP contribution in [0.15, 0.2) is 54.6 Å². The van der Waals surface area contributed by atoms with Gasteiger partial charge in [-0.2, -0.15) is 0 Å². The highest BCUT2D eigenvalue weighted by atomic mass is 16.5. The van der Waals surface area contributed by atoms with Crippen molar-refractivity contribution in [2.45, 2.75) is 25.9 Å². The van der Waals surface area contributed by atoms with Gasteiger partial charge in [0, 0.05) is 24.3 Å². The van der Waals surface area contributed by atoms with Crippen LogP contribution in [-0.4, -0.2) is 35.9 Å². The van der Waals surface area contributed by atoms with E-state index in [1.54, 1.807) is 31.2 Å². The number of anilines is 1. The predicted octanol–water partition coefficient (Wildman–Crippen LogP) is 3.33. The smallest absolute Gasteiger partial charge is 0.265 e. The first-order valence-electron chi connectivity index (χ1n) is 8.55. The van der Waals surface area contributed by atoms with Crippen molar-refractivity contribution < 1.29 is 14.3 Å². The summed E-state index contributed by atoms with van der Waals surface area (Å²) in [6.45, 7) is 3.35. The normalized spacial score (nSPS) is 14.8. The van der Waals surface area contributed by atoms with E-state index >= 15 is 0 Å². The molecule has 2 aromatic rings. The molecule has 1 aliphatic heterocycles. The molecular weight excluding hydrogens is 316 g/mol. The first-order valence-corrected chi connectivity index (χ1v) is 8.55. The lowest BCUT2D eigenvalue weighted by Crippen LogP contribution is -2.30. The Morgan fingerprint density at radius 2 is 1.64 bits per heavy atom. The second kappa shape index (κ2) is 7.83. The molecule has 0 unspecified atom stereocenters. The Bertz CT molecular complexity index is 722. The largest absolute Gasteiger partial charge is 0.481 e. The molecule has 25 heavy (non-hydrogen) atoms. The average Bonchev–Trinajstić information content (AvgIpc) is 3.17. The van der Waals surface area contributed by atoms with Gasteiger partial charge in [0.2, 0.25) is 0 Å². The molecule has 2 aromatic carbocycles. The van der Waals surface area contributed by atoms with Crippen LogP contribution in [0.1, 0.15) is 30.1 Å². The van der Waals surface area contributed by atoms with Gasteiger partial charge < -0.3 is 15.0 Å². The number of carbonyl (C=O) groups excluding carboxylic acids is 2. The van der Waals surface area contributed by atoms with E-state index in [9.17, 15) is 9.59 Å². The van der Waals surface area contributed by atoms with E-state index in [4.69, 9.17) is 4.74 Å². The summed E-state index contributed by atoms with van der Waals surface area (Å²) in [7, 11) is 0. The minimum atomic E-state index is -0.617. The Kier molecular flexibility index (Phi) is 5.33. The molecule has 1 N–H and O–H groups in total. The Balaban J connectivity index is 1.57. The van der Waals surface area contributed by atoms with Gasteiger partial charge in [0.05, 0.1) is 0 Å². The van der Waals surface area contributed by atoms with Crippen LogP contribution in [0, 0.1) is 0 Å². The monoisotopic (exact) mass is 338 g/mol. The summed E-state index contributed by atoms with van der Waals surface area (Å²) in [5, 5.41) is 2.81. The van der Waals surface area contributed by atoms with Gasteiger partial charge in [-0.15, -0.1) is 0 Å². The first-order chi connectivity index (χ1) is 12.1. The van der Waals surface area contributed by atoms with Crippen LogP contribution in [0.4, 0.5) is 5.69 Å². The molecular formula is C20H22N2O3. The first kappa shape index (κ1) is 17.0. The molecule has 5 nitrogen and oxygen atoms in total. The third-order valence-corrected chi connectivity index (χ3v) is 4.22. The van der Waals surface area contributed by atoms with Crippen molar-refractivity contribution in [1.82, 2.24) is 4.90 Å². The van der Waals surface area contributed by atoms with E-state index in [0.29, 0.717) is 17.0 Å². The molecule has 0 aliphatic carbocycles. The number of rotatable bonds is 5. The van der Waals surface area contributed by atoms with E-state index in [0.717, 1.165) is 25.9 Å². The maximum Gasteiger partial charge on any atom is 0.265 e. The molecule has 0 saturated carbocycles. The molecule has 1 heterocycles. The van der Waals surface area contributed by atoms with Crippen LogP contribution in [-0.2, 0) is 4.79 Å². The summed E-state index contributed by atoms with van der Waals surface area (Å²) < 4.78 is 5.60. The lowest BCUT2D eigenvalue weighted by atomic mass is 10.2. The molecule has 0 aromatic heterocycles. The molecule has 1 saturated heterocycles. The van der Waals surface area contributed by atoms with E-state index in [2.05, 4.69) is 5.32 Å². The molecule has 130 valence electrons. The summed E-state index contributed by atoms with van der Waals surface area (Å²) in [6.07, 6.45) is 1.52. The Morgan fingerprint density at radius 1 is 1.00 bits per heavy atom. The number of benzene rings is 2. The number of ether oxygens (including phenoxy) is 1. The zero-order valence-electron chi connectivity index (χ0n) is 14.3. The molecule has 1 atom stereocenters. The van der Waals surface area contributed by atoms with Gasteiger partial charge in [-0.3, -0.25) is 9.59 Å². The standard InChI is InChI=1S/C20H22N2O3/c1-15(25-18-7-3-2-4-8-18)19(23)21-17-11-9-16(10-12-17)20(24)22-13-5-6-14-22/h2-4,7-12,15H,5-6,13-14H2,1H3,(H,21,23)/t15-/m0/s1. The number of hydrogen-bond donors (Lipinski definition) is 1. The predicted molar refractivity (Wildman–Crippen MR) is 96.7 cm³/mol. The van der Waals surface area contributed by atoms with E-state index < -0.39 is 6.10 Å². The van der Waals surface area contributed by atoms with Crippen molar-refractivity contribution in [3.05, 3.63) is 60.2 Å². The summed E-state index contributed by atoms with van der Waals surface area (Å²) in [5.74, 6) is 0.468. The second-order valence-electron chi connectivity index (χ2n) is 6.14. The van der Waals surface area contributed by atoms with Gasteiger partial charge in [0.1, 0.15) is 5.75 Å². The van der Waals surface area contributed by atoms with Crippen LogP contribution >= 0.6 is 0 Å².